The van der Waals surface area contributed by atoms with Crippen molar-refractivity contribution in [1.82, 2.24) is 20.3 Å². The second kappa shape index (κ2) is 7.99. The summed E-state index contributed by atoms with van der Waals surface area (Å²) >= 11 is 12.0. The molecule has 0 spiro atoms. The molecule has 1 aromatic carbocycles. The molecule has 2 aromatic heterocycles. The van der Waals surface area contributed by atoms with Crippen LogP contribution in [0.1, 0.15) is 21.9 Å². The predicted molar refractivity (Wildman–Crippen MR) is 103 cm³/mol. The summed E-state index contributed by atoms with van der Waals surface area (Å²) in [5, 5.41) is 22.4. The molecular formula is C17H15Cl2N5O4. The zero-order chi connectivity index (χ0) is 20.4. The van der Waals surface area contributed by atoms with Crippen molar-refractivity contribution in [2.75, 3.05) is 6.54 Å². The fourth-order valence-corrected chi connectivity index (χ4v) is 3.24. The lowest BCUT2D eigenvalue weighted by molar-refractivity contribution is -0.386. The van der Waals surface area contributed by atoms with Crippen molar-refractivity contribution in [3.63, 3.8) is 0 Å². The quantitative estimate of drug-likeness (QED) is 0.475. The number of nitro groups is 1. The number of aryl methyl sites for hydroxylation is 1. The monoisotopic (exact) mass is 423 g/mol. The van der Waals surface area contributed by atoms with Gasteiger partial charge in [0, 0.05) is 23.2 Å². The van der Waals surface area contributed by atoms with Crippen molar-refractivity contribution in [1.29, 1.82) is 0 Å². The van der Waals surface area contributed by atoms with Crippen LogP contribution in [-0.2, 0) is 6.54 Å². The molecule has 0 radical (unpaired) electrons. The van der Waals surface area contributed by atoms with Crippen LogP contribution in [0.3, 0.4) is 0 Å². The second-order valence-corrected chi connectivity index (χ2v) is 6.80. The molecule has 0 unspecified atom stereocenters. The molecule has 3 aromatic rings. The average Bonchev–Trinajstić information content (AvgIpc) is 3.20. The lowest BCUT2D eigenvalue weighted by Crippen LogP contribution is -2.28. The molecule has 0 aliphatic carbocycles. The minimum absolute atomic E-state index is 0.0210. The Balaban J connectivity index is 1.64. The Morgan fingerprint density at radius 3 is 2.71 bits per heavy atom. The van der Waals surface area contributed by atoms with E-state index in [2.05, 4.69) is 15.6 Å². The Hall–Kier alpha value is -2.91. The molecule has 3 rings (SSSR count). The van der Waals surface area contributed by atoms with Gasteiger partial charge in [-0.3, -0.25) is 19.6 Å². The van der Waals surface area contributed by atoms with Gasteiger partial charge in [0.25, 0.3) is 5.91 Å². The fourth-order valence-electron chi connectivity index (χ4n) is 2.73. The highest BCUT2D eigenvalue weighted by atomic mass is 35.5. The normalized spacial score (nSPS) is 10.9. The van der Waals surface area contributed by atoms with Crippen molar-refractivity contribution < 1.29 is 14.2 Å². The van der Waals surface area contributed by atoms with E-state index in [0.29, 0.717) is 32.8 Å². The smallest absolute Gasteiger partial charge is 0.312 e. The second-order valence-electron chi connectivity index (χ2n) is 5.96. The Kier molecular flexibility index (Phi) is 5.66. The van der Waals surface area contributed by atoms with Crippen molar-refractivity contribution in [2.24, 2.45) is 0 Å². The molecule has 0 aliphatic rings. The number of nitrogens with zero attached hydrogens (tertiary/aromatic N) is 4. The van der Waals surface area contributed by atoms with Crippen LogP contribution in [0.2, 0.25) is 10.0 Å². The maximum atomic E-state index is 12.3. The standard InChI is InChI=1S/C17H15Cl2N5O4/c1-9-16(24(26)27)10(2)23(21-9)6-5-20-17(25)14-8-15(28-22-14)12-4-3-11(18)7-13(12)19/h3-4,7-8H,5-6H2,1-2H3,(H,20,25). The van der Waals surface area contributed by atoms with E-state index in [9.17, 15) is 14.9 Å². The SMILES string of the molecule is Cc1nn(CCNC(=O)c2cc(-c3ccc(Cl)cc3Cl)on2)c(C)c1[N+](=O)[O-]. The molecule has 146 valence electrons. The van der Waals surface area contributed by atoms with Gasteiger partial charge >= 0.3 is 5.69 Å². The highest BCUT2D eigenvalue weighted by molar-refractivity contribution is 6.36. The lowest BCUT2D eigenvalue weighted by Gasteiger charge is -2.04. The number of hydrogen-bond donors (Lipinski definition) is 1. The van der Waals surface area contributed by atoms with E-state index in [-0.39, 0.29) is 24.5 Å². The molecule has 0 aliphatic heterocycles. The van der Waals surface area contributed by atoms with Gasteiger partial charge < -0.3 is 9.84 Å². The number of halogens is 2. The van der Waals surface area contributed by atoms with Gasteiger partial charge in [-0.25, -0.2) is 0 Å². The van der Waals surface area contributed by atoms with Crippen LogP contribution in [-0.4, -0.2) is 32.3 Å². The number of carbonyl (C=O) groups is 1. The summed E-state index contributed by atoms with van der Waals surface area (Å²) in [4.78, 5) is 22.8. The van der Waals surface area contributed by atoms with Crippen molar-refractivity contribution in [3.05, 3.63) is 61.5 Å². The first-order chi connectivity index (χ1) is 13.3. The number of hydrogen-bond acceptors (Lipinski definition) is 6. The first kappa shape index (κ1) is 19.8. The summed E-state index contributed by atoms with van der Waals surface area (Å²) < 4.78 is 6.67. The number of rotatable bonds is 6. The molecule has 0 fully saturated rings. The molecule has 11 heteroatoms. The Morgan fingerprint density at radius 1 is 1.32 bits per heavy atom. The van der Waals surface area contributed by atoms with Crippen LogP contribution in [0.4, 0.5) is 5.69 Å². The first-order valence-electron chi connectivity index (χ1n) is 8.16. The van der Waals surface area contributed by atoms with Gasteiger partial charge in [-0.05, 0) is 32.0 Å². The van der Waals surface area contributed by atoms with Crippen LogP contribution in [0.15, 0.2) is 28.8 Å². The van der Waals surface area contributed by atoms with Gasteiger partial charge in [0.05, 0.1) is 16.5 Å². The minimum atomic E-state index is -0.467. The molecule has 1 N–H and O–H groups in total. The van der Waals surface area contributed by atoms with Crippen molar-refractivity contribution in [2.45, 2.75) is 20.4 Å². The topological polar surface area (TPSA) is 116 Å². The van der Waals surface area contributed by atoms with Gasteiger partial charge in [-0.2, -0.15) is 5.10 Å². The molecule has 0 bridgehead atoms. The predicted octanol–water partition coefficient (Wildman–Crippen LogP) is 3.80. The lowest BCUT2D eigenvalue weighted by atomic mass is 10.1. The zero-order valence-electron chi connectivity index (χ0n) is 14.9. The summed E-state index contributed by atoms with van der Waals surface area (Å²) in [7, 11) is 0. The molecule has 0 atom stereocenters. The average molecular weight is 424 g/mol. The first-order valence-corrected chi connectivity index (χ1v) is 8.92. The molecule has 28 heavy (non-hydrogen) atoms. The van der Waals surface area contributed by atoms with Crippen LogP contribution < -0.4 is 5.32 Å². The van der Waals surface area contributed by atoms with E-state index in [1.165, 1.54) is 10.7 Å². The summed E-state index contributed by atoms with van der Waals surface area (Å²) in [6, 6.07) is 6.36. The van der Waals surface area contributed by atoms with Crippen molar-refractivity contribution >= 4 is 34.8 Å². The largest absolute Gasteiger partial charge is 0.355 e. The van der Waals surface area contributed by atoms with E-state index in [4.69, 9.17) is 27.7 Å². The van der Waals surface area contributed by atoms with E-state index in [0.717, 1.165) is 0 Å². The number of nitrogens with one attached hydrogen (secondary N) is 1. The van der Waals surface area contributed by atoms with Crippen LogP contribution in [0.25, 0.3) is 11.3 Å². The van der Waals surface area contributed by atoms with Crippen LogP contribution in [0.5, 0.6) is 0 Å². The number of aromatic nitrogens is 3. The van der Waals surface area contributed by atoms with E-state index in [1.807, 2.05) is 0 Å². The van der Waals surface area contributed by atoms with E-state index >= 15 is 0 Å². The third kappa shape index (κ3) is 4.00. The number of amides is 1. The Labute approximate surface area is 169 Å². The molecule has 0 saturated carbocycles. The highest BCUT2D eigenvalue weighted by Gasteiger charge is 2.21. The van der Waals surface area contributed by atoms with Gasteiger partial charge in [0.2, 0.25) is 0 Å². The highest BCUT2D eigenvalue weighted by Crippen LogP contribution is 2.30. The summed E-state index contributed by atoms with van der Waals surface area (Å²) in [6.45, 7) is 3.67. The van der Waals surface area contributed by atoms with Gasteiger partial charge in [-0.1, -0.05) is 28.4 Å². The maximum absolute atomic E-state index is 12.3. The van der Waals surface area contributed by atoms with E-state index < -0.39 is 10.8 Å². The molecule has 9 nitrogen and oxygen atoms in total. The van der Waals surface area contributed by atoms with E-state index in [1.54, 1.807) is 32.0 Å². The molecule has 1 amide bonds. The molecular weight excluding hydrogens is 409 g/mol. The number of benzene rings is 1. The molecule has 0 saturated heterocycles. The van der Waals surface area contributed by atoms with Gasteiger partial charge in [0.15, 0.2) is 11.5 Å². The fraction of sp³-hybridized carbons (Fsp3) is 0.235. The van der Waals surface area contributed by atoms with Crippen LogP contribution >= 0.6 is 23.2 Å². The van der Waals surface area contributed by atoms with Gasteiger partial charge in [0.1, 0.15) is 11.4 Å². The number of carbonyl (C=O) groups excluding carboxylic acids is 1. The maximum Gasteiger partial charge on any atom is 0.312 e. The Morgan fingerprint density at radius 2 is 2.07 bits per heavy atom. The van der Waals surface area contributed by atoms with Crippen LogP contribution in [0, 0.1) is 24.0 Å². The third-order valence-corrected chi connectivity index (χ3v) is 4.62. The summed E-state index contributed by atoms with van der Waals surface area (Å²) in [6.07, 6.45) is 0. The summed E-state index contributed by atoms with van der Waals surface area (Å²) in [5.74, 6) is -0.114. The third-order valence-electron chi connectivity index (χ3n) is 4.07. The van der Waals surface area contributed by atoms with Gasteiger partial charge in [-0.15, -0.1) is 0 Å². The van der Waals surface area contributed by atoms with Crippen molar-refractivity contribution in [3.8, 4) is 11.3 Å². The Bertz CT molecular complexity index is 1060. The summed E-state index contributed by atoms with van der Waals surface area (Å²) in [5.41, 5.74) is 1.38. The molecule has 2 heterocycles. The minimum Gasteiger partial charge on any atom is -0.355 e. The zero-order valence-corrected chi connectivity index (χ0v) is 16.4.